The standard InChI is InChI=1S/C17H23FN2O3/c1-11-4-5-14(10-15(11)18)12(2)19-17(22)20-8-6-13(7-9-20)16(21)23-3/h4-5,10,12-13H,6-9H2,1-3H3,(H,19,22)/t12-/m1/s1. The zero-order chi connectivity index (χ0) is 17.0. The van der Waals surface area contributed by atoms with Crippen LogP contribution in [0.25, 0.3) is 0 Å². The highest BCUT2D eigenvalue weighted by Crippen LogP contribution is 2.20. The van der Waals surface area contributed by atoms with Gasteiger partial charge in [0.1, 0.15) is 5.82 Å². The molecule has 1 aromatic carbocycles. The van der Waals surface area contributed by atoms with Crippen LogP contribution in [0.5, 0.6) is 0 Å². The van der Waals surface area contributed by atoms with Crippen molar-refractivity contribution in [2.45, 2.75) is 32.7 Å². The number of nitrogens with one attached hydrogen (secondary N) is 1. The van der Waals surface area contributed by atoms with Crippen LogP contribution in [0, 0.1) is 18.7 Å². The number of carbonyl (C=O) groups is 2. The van der Waals surface area contributed by atoms with Gasteiger partial charge in [0, 0.05) is 13.1 Å². The molecule has 1 heterocycles. The highest BCUT2D eigenvalue weighted by Gasteiger charge is 2.28. The van der Waals surface area contributed by atoms with E-state index in [0.717, 1.165) is 5.56 Å². The maximum atomic E-state index is 13.6. The van der Waals surface area contributed by atoms with Crippen molar-refractivity contribution < 1.29 is 18.7 Å². The van der Waals surface area contributed by atoms with Crippen LogP contribution in [0.4, 0.5) is 9.18 Å². The van der Waals surface area contributed by atoms with E-state index in [1.165, 1.54) is 13.2 Å². The molecule has 0 saturated carbocycles. The van der Waals surface area contributed by atoms with Crippen LogP contribution in [-0.4, -0.2) is 37.1 Å². The summed E-state index contributed by atoms with van der Waals surface area (Å²) in [5.41, 5.74) is 1.31. The third-order valence-electron chi connectivity index (χ3n) is 4.35. The molecule has 1 atom stereocenters. The van der Waals surface area contributed by atoms with Crippen molar-refractivity contribution in [3.8, 4) is 0 Å². The fraction of sp³-hybridized carbons (Fsp3) is 0.529. The van der Waals surface area contributed by atoms with Crippen LogP contribution in [0.3, 0.4) is 0 Å². The zero-order valence-corrected chi connectivity index (χ0v) is 13.8. The summed E-state index contributed by atoms with van der Waals surface area (Å²) in [6.07, 6.45) is 1.21. The summed E-state index contributed by atoms with van der Waals surface area (Å²) in [6.45, 7) is 4.55. The molecule has 5 nitrogen and oxygen atoms in total. The van der Waals surface area contributed by atoms with Gasteiger partial charge in [-0.25, -0.2) is 9.18 Å². The number of methoxy groups -OCH3 is 1. The van der Waals surface area contributed by atoms with E-state index >= 15 is 0 Å². The first-order valence-electron chi connectivity index (χ1n) is 7.81. The fourth-order valence-electron chi connectivity index (χ4n) is 2.72. The van der Waals surface area contributed by atoms with Crippen LogP contribution < -0.4 is 5.32 Å². The number of aryl methyl sites for hydroxylation is 1. The summed E-state index contributed by atoms with van der Waals surface area (Å²) in [7, 11) is 1.38. The second-order valence-electron chi connectivity index (χ2n) is 5.96. The number of carbonyl (C=O) groups excluding carboxylic acids is 2. The zero-order valence-electron chi connectivity index (χ0n) is 13.8. The van der Waals surface area contributed by atoms with Crippen molar-refractivity contribution in [3.63, 3.8) is 0 Å². The molecule has 0 unspecified atom stereocenters. The van der Waals surface area contributed by atoms with E-state index in [1.807, 2.05) is 13.0 Å². The number of hydrogen-bond acceptors (Lipinski definition) is 3. The normalized spacial score (nSPS) is 16.8. The van der Waals surface area contributed by atoms with Gasteiger partial charge in [-0.3, -0.25) is 4.79 Å². The smallest absolute Gasteiger partial charge is 0.317 e. The third-order valence-corrected chi connectivity index (χ3v) is 4.35. The minimum absolute atomic E-state index is 0.132. The van der Waals surface area contributed by atoms with Crippen molar-refractivity contribution in [1.29, 1.82) is 0 Å². The topological polar surface area (TPSA) is 58.6 Å². The van der Waals surface area contributed by atoms with Gasteiger partial charge in [0.2, 0.25) is 0 Å². The Kier molecular flexibility index (Phi) is 5.58. The first-order chi connectivity index (χ1) is 10.9. The minimum Gasteiger partial charge on any atom is -0.469 e. The number of hydrogen-bond donors (Lipinski definition) is 1. The van der Waals surface area contributed by atoms with E-state index in [-0.39, 0.29) is 29.8 Å². The number of piperidine rings is 1. The summed E-state index contributed by atoms with van der Waals surface area (Å²) in [5.74, 6) is -0.622. The van der Waals surface area contributed by atoms with E-state index in [1.54, 1.807) is 17.9 Å². The minimum atomic E-state index is -0.282. The average Bonchev–Trinajstić information content (AvgIpc) is 2.56. The summed E-state index contributed by atoms with van der Waals surface area (Å²) >= 11 is 0. The molecule has 1 aliphatic heterocycles. The second kappa shape index (κ2) is 7.44. The van der Waals surface area contributed by atoms with E-state index in [2.05, 4.69) is 5.32 Å². The first-order valence-corrected chi connectivity index (χ1v) is 7.81. The lowest BCUT2D eigenvalue weighted by Gasteiger charge is -2.31. The number of rotatable bonds is 3. The molecule has 0 bridgehead atoms. The maximum absolute atomic E-state index is 13.6. The van der Waals surface area contributed by atoms with Crippen molar-refractivity contribution in [3.05, 3.63) is 35.1 Å². The molecule has 6 heteroatoms. The lowest BCUT2D eigenvalue weighted by molar-refractivity contribution is -0.146. The summed E-state index contributed by atoms with van der Waals surface area (Å²) in [5, 5.41) is 2.87. The van der Waals surface area contributed by atoms with Gasteiger partial charge in [-0.15, -0.1) is 0 Å². The van der Waals surface area contributed by atoms with Gasteiger partial charge in [0.25, 0.3) is 0 Å². The quantitative estimate of drug-likeness (QED) is 0.871. The Morgan fingerprint density at radius 1 is 1.35 bits per heavy atom. The highest BCUT2D eigenvalue weighted by molar-refractivity contribution is 5.76. The number of urea groups is 1. The number of likely N-dealkylation sites (tertiary alicyclic amines) is 1. The van der Waals surface area contributed by atoms with Crippen LogP contribution in [0.1, 0.15) is 36.9 Å². The molecule has 1 aliphatic rings. The molecular formula is C17H23FN2O3. The lowest BCUT2D eigenvalue weighted by Crippen LogP contribution is -2.46. The number of amides is 2. The maximum Gasteiger partial charge on any atom is 0.317 e. The Labute approximate surface area is 135 Å². The Hall–Kier alpha value is -2.11. The Bertz CT molecular complexity index is 583. The van der Waals surface area contributed by atoms with Gasteiger partial charge in [0.05, 0.1) is 19.1 Å². The second-order valence-corrected chi connectivity index (χ2v) is 5.96. The van der Waals surface area contributed by atoms with Crippen LogP contribution >= 0.6 is 0 Å². The molecule has 1 N–H and O–H groups in total. The van der Waals surface area contributed by atoms with Crippen LogP contribution in [0.2, 0.25) is 0 Å². The Balaban J connectivity index is 1.89. The number of benzene rings is 1. The summed E-state index contributed by atoms with van der Waals surface area (Å²) in [4.78, 5) is 25.5. The number of esters is 1. The molecule has 0 aliphatic carbocycles. The SMILES string of the molecule is COC(=O)C1CCN(C(=O)N[C@H](C)c2ccc(C)c(F)c2)CC1. The van der Waals surface area contributed by atoms with Crippen LogP contribution in [-0.2, 0) is 9.53 Å². The number of nitrogens with zero attached hydrogens (tertiary/aromatic N) is 1. The predicted octanol–water partition coefficient (Wildman–Crippen LogP) is 2.79. The van der Waals surface area contributed by atoms with Crippen molar-refractivity contribution in [2.75, 3.05) is 20.2 Å². The molecule has 1 aromatic rings. The van der Waals surface area contributed by atoms with Gasteiger partial charge in [-0.05, 0) is 43.9 Å². The van der Waals surface area contributed by atoms with Gasteiger partial charge >= 0.3 is 12.0 Å². The van der Waals surface area contributed by atoms with Gasteiger partial charge < -0.3 is 15.0 Å². The molecule has 0 radical (unpaired) electrons. The lowest BCUT2D eigenvalue weighted by atomic mass is 9.97. The third kappa shape index (κ3) is 4.21. The van der Waals surface area contributed by atoms with E-state index in [9.17, 15) is 14.0 Å². The van der Waals surface area contributed by atoms with Crippen molar-refractivity contribution >= 4 is 12.0 Å². The first kappa shape index (κ1) is 17.2. The van der Waals surface area contributed by atoms with E-state index in [4.69, 9.17) is 4.74 Å². The van der Waals surface area contributed by atoms with Crippen molar-refractivity contribution in [1.82, 2.24) is 10.2 Å². The largest absolute Gasteiger partial charge is 0.469 e. The molecule has 23 heavy (non-hydrogen) atoms. The van der Waals surface area contributed by atoms with Gasteiger partial charge in [-0.2, -0.15) is 0 Å². The average molecular weight is 322 g/mol. The van der Waals surface area contributed by atoms with Crippen molar-refractivity contribution in [2.24, 2.45) is 5.92 Å². The molecule has 0 spiro atoms. The Morgan fingerprint density at radius 3 is 2.57 bits per heavy atom. The molecule has 0 aromatic heterocycles. The van der Waals surface area contributed by atoms with E-state index < -0.39 is 0 Å². The molecule has 1 saturated heterocycles. The Morgan fingerprint density at radius 2 is 2.00 bits per heavy atom. The molecule has 2 rings (SSSR count). The van der Waals surface area contributed by atoms with E-state index in [0.29, 0.717) is 31.5 Å². The molecular weight excluding hydrogens is 299 g/mol. The number of halogens is 1. The molecule has 126 valence electrons. The summed E-state index contributed by atoms with van der Waals surface area (Å²) < 4.78 is 18.4. The highest BCUT2D eigenvalue weighted by atomic mass is 19.1. The summed E-state index contributed by atoms with van der Waals surface area (Å²) in [6, 6.07) is 4.49. The predicted molar refractivity (Wildman–Crippen MR) is 84.4 cm³/mol. The molecule has 1 fully saturated rings. The monoisotopic (exact) mass is 322 g/mol. The molecule has 2 amide bonds. The number of ether oxygens (including phenoxy) is 1. The fourth-order valence-corrected chi connectivity index (χ4v) is 2.72. The van der Waals surface area contributed by atoms with Gasteiger partial charge in [0.15, 0.2) is 0 Å². The van der Waals surface area contributed by atoms with Crippen LogP contribution in [0.15, 0.2) is 18.2 Å². The van der Waals surface area contributed by atoms with Gasteiger partial charge in [-0.1, -0.05) is 12.1 Å².